The molecular formula is C22H20Cl2N4O4. The lowest BCUT2D eigenvalue weighted by atomic mass is 9.44. The van der Waals surface area contributed by atoms with Gasteiger partial charge in [0.25, 0.3) is 5.91 Å². The van der Waals surface area contributed by atoms with Gasteiger partial charge in [-0.2, -0.15) is 5.10 Å². The molecule has 7 rings (SSSR count). The molecule has 1 aliphatic heterocycles. The van der Waals surface area contributed by atoms with Gasteiger partial charge in [-0.15, -0.1) is 0 Å². The summed E-state index contributed by atoms with van der Waals surface area (Å²) >= 11 is 12.1. The third kappa shape index (κ3) is 2.89. The van der Waals surface area contributed by atoms with Gasteiger partial charge in [0.05, 0.1) is 35.0 Å². The molecule has 3 fully saturated rings. The average Bonchev–Trinajstić information content (AvgIpc) is 3.13. The van der Waals surface area contributed by atoms with Crippen LogP contribution < -0.4 is 14.8 Å². The topological polar surface area (TPSA) is 98.5 Å². The smallest absolute Gasteiger partial charge is 0.261 e. The Balaban J connectivity index is 1.14. The van der Waals surface area contributed by atoms with E-state index in [1.165, 1.54) is 0 Å². The molecule has 2 atom stereocenters. The number of methoxy groups -OCH3 is 1. The van der Waals surface area contributed by atoms with Crippen molar-refractivity contribution in [2.75, 3.05) is 7.11 Å². The Hall–Kier alpha value is -2.55. The number of pyridine rings is 1. The van der Waals surface area contributed by atoms with E-state index in [0.717, 1.165) is 30.2 Å². The number of nitrogens with one attached hydrogen (secondary N) is 1. The zero-order valence-corrected chi connectivity index (χ0v) is 18.7. The van der Waals surface area contributed by atoms with Crippen molar-refractivity contribution in [2.24, 2.45) is 0 Å². The predicted molar refractivity (Wildman–Crippen MR) is 117 cm³/mol. The van der Waals surface area contributed by atoms with E-state index in [0.29, 0.717) is 27.2 Å². The summed E-state index contributed by atoms with van der Waals surface area (Å²) < 4.78 is 13.0. The van der Waals surface area contributed by atoms with E-state index in [9.17, 15) is 9.90 Å². The second kappa shape index (κ2) is 6.73. The highest BCUT2D eigenvalue weighted by Gasteiger charge is 2.70. The van der Waals surface area contributed by atoms with Crippen molar-refractivity contribution in [1.29, 1.82) is 0 Å². The lowest BCUT2D eigenvalue weighted by molar-refractivity contribution is -0.164. The van der Waals surface area contributed by atoms with Gasteiger partial charge in [0, 0.05) is 41.2 Å². The van der Waals surface area contributed by atoms with E-state index in [4.69, 9.17) is 32.7 Å². The van der Waals surface area contributed by atoms with Gasteiger partial charge in [0.1, 0.15) is 11.3 Å². The van der Waals surface area contributed by atoms with Crippen molar-refractivity contribution >= 4 is 40.0 Å². The van der Waals surface area contributed by atoms with E-state index in [-0.39, 0.29) is 23.4 Å². The molecule has 0 unspecified atom stereocenters. The second-order valence-corrected chi connectivity index (χ2v) is 9.86. The Kier molecular flexibility index (Phi) is 4.22. The molecule has 1 amide bonds. The minimum absolute atomic E-state index is 0.0800. The third-order valence-corrected chi connectivity index (χ3v) is 7.58. The number of aromatic nitrogens is 3. The summed E-state index contributed by atoms with van der Waals surface area (Å²) in [5, 5.41) is 19.9. The number of carbonyl (C=O) groups is 1. The molecule has 0 saturated heterocycles. The molecule has 4 aliphatic rings. The van der Waals surface area contributed by atoms with Crippen LogP contribution in [0.25, 0.3) is 10.9 Å². The van der Waals surface area contributed by atoms with Gasteiger partial charge in [-0.05, 0) is 25.3 Å². The number of benzene rings is 1. The summed E-state index contributed by atoms with van der Waals surface area (Å²) in [6.45, 7) is 0. The van der Waals surface area contributed by atoms with Gasteiger partial charge in [-0.25, -0.2) is 4.98 Å². The fourth-order valence-corrected chi connectivity index (χ4v) is 5.64. The Morgan fingerprint density at radius 1 is 1.28 bits per heavy atom. The van der Waals surface area contributed by atoms with Crippen LogP contribution in [0.5, 0.6) is 11.6 Å². The molecule has 1 aromatic carbocycles. The van der Waals surface area contributed by atoms with Crippen LogP contribution in [0.3, 0.4) is 0 Å². The first-order valence-electron chi connectivity index (χ1n) is 10.4. The van der Waals surface area contributed by atoms with Gasteiger partial charge in [0.15, 0.2) is 6.10 Å². The molecule has 0 spiro atoms. The summed E-state index contributed by atoms with van der Waals surface area (Å²) in [4.78, 5) is 17.1. The quantitative estimate of drug-likeness (QED) is 0.601. The van der Waals surface area contributed by atoms with Crippen LogP contribution in [0.1, 0.15) is 37.4 Å². The number of aliphatic hydroxyl groups excluding tert-OH is 1. The zero-order chi connectivity index (χ0) is 22.3. The maximum Gasteiger partial charge on any atom is 0.261 e. The molecule has 2 bridgehead atoms. The Labute approximate surface area is 193 Å². The Bertz CT molecular complexity index is 1260. The minimum atomic E-state index is -0.842. The van der Waals surface area contributed by atoms with E-state index in [1.807, 2.05) is 16.9 Å². The molecule has 10 heteroatoms. The highest BCUT2D eigenvalue weighted by Crippen LogP contribution is 2.65. The number of fused-ring (bicyclic) bond motifs is 2. The molecule has 3 heterocycles. The number of carbonyl (C=O) groups excluding carboxylic acids is 1. The van der Waals surface area contributed by atoms with Crippen molar-refractivity contribution in [1.82, 2.24) is 20.1 Å². The van der Waals surface area contributed by atoms with Crippen molar-refractivity contribution in [3.8, 4) is 11.6 Å². The molecule has 2 N–H and O–H groups in total. The minimum Gasteiger partial charge on any atom is -0.481 e. The maximum absolute atomic E-state index is 12.9. The lowest BCUT2D eigenvalue weighted by Gasteiger charge is -2.70. The standard InChI is InChI=1S/C22H20Cl2N4O4/c1-31-19-2-11-7-28(27-15(11)6-25-19)22-8-21(9-22,10-22)26-20(30)18-5-16(29)12-3-13(23)14(24)4-17(12)32-18/h2-4,6-7,16,18,29H,5,8-10H2,1H3,(H,26,30)/t16-,18-,21?,22?/m1/s1. The molecular weight excluding hydrogens is 455 g/mol. The fraction of sp³-hybridized carbons (Fsp3) is 0.409. The monoisotopic (exact) mass is 474 g/mol. The lowest BCUT2D eigenvalue weighted by Crippen LogP contribution is -2.79. The number of amides is 1. The molecule has 3 aromatic rings. The fourth-order valence-electron chi connectivity index (χ4n) is 5.31. The zero-order valence-electron chi connectivity index (χ0n) is 17.1. The van der Waals surface area contributed by atoms with Crippen molar-refractivity contribution < 1.29 is 19.4 Å². The van der Waals surface area contributed by atoms with Gasteiger partial charge in [0.2, 0.25) is 5.88 Å². The predicted octanol–water partition coefficient (Wildman–Crippen LogP) is 3.38. The van der Waals surface area contributed by atoms with Gasteiger partial charge in [-0.1, -0.05) is 23.2 Å². The summed E-state index contributed by atoms with van der Waals surface area (Å²) in [5.41, 5.74) is 1.03. The van der Waals surface area contributed by atoms with E-state index in [2.05, 4.69) is 15.4 Å². The average molecular weight is 475 g/mol. The number of nitrogens with zero attached hydrogens (tertiary/aromatic N) is 3. The maximum atomic E-state index is 12.9. The number of hydrogen-bond donors (Lipinski definition) is 2. The van der Waals surface area contributed by atoms with Crippen LogP contribution >= 0.6 is 23.2 Å². The molecule has 0 radical (unpaired) electrons. The molecule has 8 nitrogen and oxygen atoms in total. The number of hydrogen-bond acceptors (Lipinski definition) is 6. The highest BCUT2D eigenvalue weighted by atomic mass is 35.5. The number of rotatable bonds is 4. The van der Waals surface area contributed by atoms with Crippen molar-refractivity contribution in [3.05, 3.63) is 46.2 Å². The van der Waals surface area contributed by atoms with Crippen LogP contribution in [-0.2, 0) is 10.3 Å². The van der Waals surface area contributed by atoms with E-state index in [1.54, 1.807) is 25.4 Å². The summed E-state index contributed by atoms with van der Waals surface area (Å²) in [6.07, 6.45) is 4.66. The van der Waals surface area contributed by atoms with E-state index < -0.39 is 12.2 Å². The normalized spacial score (nSPS) is 30.0. The first-order valence-corrected chi connectivity index (χ1v) is 11.1. The molecule has 32 heavy (non-hydrogen) atoms. The summed E-state index contributed by atoms with van der Waals surface area (Å²) in [5.74, 6) is 0.714. The van der Waals surface area contributed by atoms with Crippen LogP contribution in [0.4, 0.5) is 0 Å². The first kappa shape index (κ1) is 20.1. The largest absolute Gasteiger partial charge is 0.481 e. The number of ether oxygens (including phenoxy) is 2. The Morgan fingerprint density at radius 3 is 2.78 bits per heavy atom. The van der Waals surface area contributed by atoms with Gasteiger partial charge >= 0.3 is 0 Å². The summed E-state index contributed by atoms with van der Waals surface area (Å²) in [7, 11) is 1.59. The summed E-state index contributed by atoms with van der Waals surface area (Å²) in [6, 6.07) is 5.00. The Morgan fingerprint density at radius 2 is 2.03 bits per heavy atom. The highest BCUT2D eigenvalue weighted by molar-refractivity contribution is 6.42. The third-order valence-electron chi connectivity index (χ3n) is 6.86. The SMILES string of the molecule is COc1cc2cn(C34CC(NC(=O)[C@H]5C[C@@H](O)c6cc(Cl)c(Cl)cc6O5)(C3)C4)nc2cn1. The second-order valence-electron chi connectivity index (χ2n) is 9.05. The van der Waals surface area contributed by atoms with Crippen molar-refractivity contribution in [2.45, 2.75) is 49.0 Å². The molecule has 3 saturated carbocycles. The molecule has 166 valence electrons. The van der Waals surface area contributed by atoms with Crippen LogP contribution in [0, 0.1) is 0 Å². The van der Waals surface area contributed by atoms with E-state index >= 15 is 0 Å². The van der Waals surface area contributed by atoms with Crippen LogP contribution in [0.15, 0.2) is 30.6 Å². The number of aliphatic hydroxyl groups is 1. The van der Waals surface area contributed by atoms with Gasteiger partial charge < -0.3 is 19.9 Å². The van der Waals surface area contributed by atoms with Crippen molar-refractivity contribution in [3.63, 3.8) is 0 Å². The number of halogens is 2. The van der Waals surface area contributed by atoms with Crippen LogP contribution in [-0.4, -0.2) is 44.5 Å². The molecule has 2 aromatic heterocycles. The van der Waals surface area contributed by atoms with Gasteiger partial charge in [-0.3, -0.25) is 9.48 Å². The first-order chi connectivity index (χ1) is 15.3. The molecule has 3 aliphatic carbocycles. The van der Waals surface area contributed by atoms with Crippen LogP contribution in [0.2, 0.25) is 10.0 Å².